The zero-order chi connectivity index (χ0) is 11.8. The highest BCUT2D eigenvalue weighted by Gasteiger charge is 2.19. The second kappa shape index (κ2) is 4.52. The Labute approximate surface area is 116 Å². The Morgan fingerprint density at radius 1 is 1.47 bits per heavy atom. The number of nitrogens with zero attached hydrogens (tertiary/aromatic N) is 3. The van der Waals surface area contributed by atoms with Gasteiger partial charge in [-0.2, -0.15) is 4.52 Å². The quantitative estimate of drug-likeness (QED) is 0.834. The van der Waals surface area contributed by atoms with E-state index >= 15 is 0 Å². The Balaban J connectivity index is 1.74. The minimum Gasteiger partial charge on any atom is -0.357 e. The first kappa shape index (κ1) is 11.4. The first-order valence-corrected chi connectivity index (χ1v) is 7.40. The average molecular weight is 362 g/mol. The summed E-state index contributed by atoms with van der Waals surface area (Å²) in [5.41, 5.74) is 0. The summed E-state index contributed by atoms with van der Waals surface area (Å²) in [7, 11) is 0. The van der Waals surface area contributed by atoms with E-state index in [0.717, 1.165) is 26.6 Å². The van der Waals surface area contributed by atoms with Crippen LogP contribution in [0.2, 0.25) is 0 Å². The second-order valence-corrected chi connectivity index (χ2v) is 6.20. The van der Waals surface area contributed by atoms with Gasteiger partial charge in [0.1, 0.15) is 9.48 Å². The van der Waals surface area contributed by atoms with Crippen LogP contribution >= 0.6 is 33.9 Å². The molecular formula is C10H11IN4OS. The van der Waals surface area contributed by atoms with E-state index in [0.29, 0.717) is 24.7 Å². The molecule has 0 aromatic carbocycles. The van der Waals surface area contributed by atoms with E-state index in [1.807, 2.05) is 10.7 Å². The number of anilines is 1. The van der Waals surface area contributed by atoms with Crippen LogP contribution < -0.4 is 5.32 Å². The molecule has 1 aliphatic carbocycles. The Morgan fingerprint density at radius 3 is 2.94 bits per heavy atom. The van der Waals surface area contributed by atoms with Crippen LogP contribution in [0.4, 0.5) is 5.13 Å². The lowest BCUT2D eigenvalue weighted by Gasteiger charge is -2.21. The fraction of sp³-hybridized carbons (Fsp3) is 0.500. The third-order valence-electron chi connectivity index (χ3n) is 2.91. The normalized spacial score (nSPS) is 17.8. The summed E-state index contributed by atoms with van der Waals surface area (Å²) in [6.07, 6.45) is 5.02. The fourth-order valence-electron chi connectivity index (χ4n) is 1.98. The van der Waals surface area contributed by atoms with Gasteiger partial charge in [-0.1, -0.05) is 11.3 Å². The maximum Gasteiger partial charge on any atom is 0.214 e. The molecule has 0 unspecified atom stereocenters. The van der Waals surface area contributed by atoms with E-state index in [1.165, 1.54) is 0 Å². The molecule has 2 heterocycles. The van der Waals surface area contributed by atoms with Gasteiger partial charge in [0.25, 0.3) is 0 Å². The van der Waals surface area contributed by atoms with Gasteiger partial charge in [0.15, 0.2) is 0 Å². The summed E-state index contributed by atoms with van der Waals surface area (Å²) >= 11 is 3.76. The molecule has 0 bridgehead atoms. The summed E-state index contributed by atoms with van der Waals surface area (Å²) in [5, 5.41) is 8.74. The minimum absolute atomic E-state index is 0.376. The SMILES string of the molecule is O=C1CCC(Nc2nn3c(I)cnc3s2)CC1. The number of aromatic nitrogens is 3. The van der Waals surface area contributed by atoms with Crippen molar-refractivity contribution in [3.8, 4) is 0 Å². The van der Waals surface area contributed by atoms with Crippen molar-refractivity contribution in [2.45, 2.75) is 31.7 Å². The lowest BCUT2D eigenvalue weighted by molar-refractivity contribution is -0.120. The van der Waals surface area contributed by atoms with Crippen LogP contribution in [-0.4, -0.2) is 26.4 Å². The fourth-order valence-corrected chi connectivity index (χ4v) is 3.48. The number of carbonyl (C=O) groups is 1. The molecule has 1 N–H and O–H groups in total. The maximum atomic E-state index is 11.1. The topological polar surface area (TPSA) is 59.3 Å². The van der Waals surface area contributed by atoms with Crippen LogP contribution in [0.3, 0.4) is 0 Å². The molecule has 5 nitrogen and oxygen atoms in total. The third-order valence-corrected chi connectivity index (χ3v) is 4.50. The number of hydrogen-bond acceptors (Lipinski definition) is 5. The molecule has 1 saturated carbocycles. The maximum absolute atomic E-state index is 11.1. The van der Waals surface area contributed by atoms with Gasteiger partial charge in [0, 0.05) is 18.9 Å². The monoisotopic (exact) mass is 362 g/mol. The highest BCUT2D eigenvalue weighted by molar-refractivity contribution is 14.1. The molecule has 7 heteroatoms. The summed E-state index contributed by atoms with van der Waals surface area (Å²) < 4.78 is 2.85. The van der Waals surface area contributed by atoms with Gasteiger partial charge < -0.3 is 5.32 Å². The summed E-state index contributed by atoms with van der Waals surface area (Å²) in [4.78, 5) is 16.3. The predicted molar refractivity (Wildman–Crippen MR) is 74.5 cm³/mol. The molecule has 0 aliphatic heterocycles. The third kappa shape index (κ3) is 2.30. The summed E-state index contributed by atoms with van der Waals surface area (Å²) in [6, 6.07) is 0.376. The number of ketones is 1. The molecule has 2 aromatic heterocycles. The smallest absolute Gasteiger partial charge is 0.214 e. The average Bonchev–Trinajstić information content (AvgIpc) is 2.85. The number of hydrogen-bond donors (Lipinski definition) is 1. The van der Waals surface area contributed by atoms with Gasteiger partial charge in [-0.05, 0) is 35.4 Å². The van der Waals surface area contributed by atoms with Gasteiger partial charge in [0.05, 0.1) is 6.20 Å². The molecule has 0 amide bonds. The molecule has 90 valence electrons. The van der Waals surface area contributed by atoms with Crippen LogP contribution in [-0.2, 0) is 4.79 Å². The van der Waals surface area contributed by atoms with Gasteiger partial charge in [-0.15, -0.1) is 5.10 Å². The molecule has 3 rings (SSSR count). The molecule has 0 atom stereocenters. The van der Waals surface area contributed by atoms with Crippen molar-refractivity contribution in [2.75, 3.05) is 5.32 Å². The van der Waals surface area contributed by atoms with E-state index in [9.17, 15) is 4.79 Å². The Morgan fingerprint density at radius 2 is 2.24 bits per heavy atom. The van der Waals surface area contributed by atoms with Crippen molar-refractivity contribution in [2.24, 2.45) is 0 Å². The van der Waals surface area contributed by atoms with Crippen LogP contribution in [0.5, 0.6) is 0 Å². The van der Waals surface area contributed by atoms with Crippen LogP contribution in [0, 0.1) is 3.70 Å². The van der Waals surface area contributed by atoms with Crippen molar-refractivity contribution < 1.29 is 4.79 Å². The van der Waals surface area contributed by atoms with Gasteiger partial charge in [-0.25, -0.2) is 4.98 Å². The number of halogens is 1. The highest BCUT2D eigenvalue weighted by Crippen LogP contribution is 2.24. The Kier molecular flexibility index (Phi) is 3.03. The molecule has 0 radical (unpaired) electrons. The molecule has 1 fully saturated rings. The lowest BCUT2D eigenvalue weighted by atomic mass is 9.95. The molecule has 0 saturated heterocycles. The standard InChI is InChI=1S/C10H11IN4OS/c11-8-5-12-10-15(8)14-9(17-10)13-6-1-3-7(16)4-2-6/h5-6H,1-4H2,(H,13,14). The molecule has 0 spiro atoms. The van der Waals surface area contributed by atoms with E-state index < -0.39 is 0 Å². The van der Waals surface area contributed by atoms with E-state index in [1.54, 1.807) is 11.3 Å². The zero-order valence-electron chi connectivity index (χ0n) is 9.02. The Hall–Kier alpha value is -0.700. The highest BCUT2D eigenvalue weighted by atomic mass is 127. The van der Waals surface area contributed by atoms with Gasteiger partial charge in [0.2, 0.25) is 10.1 Å². The molecule has 1 aliphatic rings. The van der Waals surface area contributed by atoms with Crippen LogP contribution in [0.1, 0.15) is 25.7 Å². The van der Waals surface area contributed by atoms with Crippen LogP contribution in [0.15, 0.2) is 6.20 Å². The van der Waals surface area contributed by atoms with Crippen molar-refractivity contribution >= 4 is 49.8 Å². The number of carbonyl (C=O) groups excluding carboxylic acids is 1. The van der Waals surface area contributed by atoms with Crippen molar-refractivity contribution in [1.82, 2.24) is 14.6 Å². The zero-order valence-corrected chi connectivity index (χ0v) is 12.0. The van der Waals surface area contributed by atoms with Crippen LogP contribution in [0.25, 0.3) is 4.96 Å². The number of fused-ring (bicyclic) bond motifs is 1. The lowest BCUT2D eigenvalue weighted by Crippen LogP contribution is -2.25. The molecular weight excluding hydrogens is 351 g/mol. The number of Topliss-reactive ketones (excluding diaryl/α,β-unsaturated/α-hetero) is 1. The summed E-state index contributed by atoms with van der Waals surface area (Å²) in [6.45, 7) is 0. The number of rotatable bonds is 2. The van der Waals surface area contributed by atoms with E-state index in [2.05, 4.69) is 38.0 Å². The number of nitrogens with one attached hydrogen (secondary N) is 1. The second-order valence-electron chi connectivity index (χ2n) is 4.14. The van der Waals surface area contributed by atoms with Gasteiger partial charge >= 0.3 is 0 Å². The van der Waals surface area contributed by atoms with Gasteiger partial charge in [-0.3, -0.25) is 4.79 Å². The molecule has 17 heavy (non-hydrogen) atoms. The largest absolute Gasteiger partial charge is 0.357 e. The first-order valence-electron chi connectivity index (χ1n) is 5.50. The van der Waals surface area contributed by atoms with E-state index in [4.69, 9.17) is 0 Å². The van der Waals surface area contributed by atoms with E-state index in [-0.39, 0.29) is 0 Å². The van der Waals surface area contributed by atoms with Crippen molar-refractivity contribution in [3.63, 3.8) is 0 Å². The Bertz CT molecular complexity index is 554. The first-order chi connectivity index (χ1) is 8.22. The summed E-state index contributed by atoms with van der Waals surface area (Å²) in [5.74, 6) is 0.381. The van der Waals surface area contributed by atoms with Crippen molar-refractivity contribution in [1.29, 1.82) is 0 Å². The van der Waals surface area contributed by atoms with Crippen molar-refractivity contribution in [3.05, 3.63) is 9.90 Å². The number of imidazole rings is 1. The minimum atomic E-state index is 0.376. The predicted octanol–water partition coefficient (Wildman–Crippen LogP) is 2.32. The molecule has 2 aromatic rings.